The number of halogens is 1. The number of nitrogens with zero attached hydrogens (tertiary/aromatic N) is 4. The molecule has 0 bridgehead atoms. The first-order valence-corrected chi connectivity index (χ1v) is 8.97. The summed E-state index contributed by atoms with van der Waals surface area (Å²) < 4.78 is 3.01. The summed E-state index contributed by atoms with van der Waals surface area (Å²) in [5, 5.41) is 18.3. The van der Waals surface area contributed by atoms with E-state index in [1.54, 1.807) is 23.1 Å². The van der Waals surface area contributed by atoms with E-state index in [0.717, 1.165) is 28.5 Å². The zero-order valence-corrected chi connectivity index (χ0v) is 15.0. The van der Waals surface area contributed by atoms with E-state index in [0.29, 0.717) is 0 Å². The van der Waals surface area contributed by atoms with Crippen molar-refractivity contribution in [1.82, 2.24) is 25.5 Å². The van der Waals surface area contributed by atoms with E-state index in [-0.39, 0.29) is 5.54 Å². The number of nitrogens with one attached hydrogen (secondary N) is 1. The Morgan fingerprint density at radius 3 is 2.90 bits per heavy atom. The van der Waals surface area contributed by atoms with Crippen LogP contribution in [0.4, 0.5) is 0 Å². The molecule has 110 valence electrons. The first-order valence-electron chi connectivity index (χ1n) is 6.31. The van der Waals surface area contributed by atoms with E-state index in [4.69, 9.17) is 0 Å². The van der Waals surface area contributed by atoms with Crippen LogP contribution in [0, 0.1) is 0 Å². The Kier molecular flexibility index (Phi) is 5.59. The molecule has 0 aromatic carbocycles. The van der Waals surface area contributed by atoms with E-state index < -0.39 is 0 Å². The Hall–Kier alpha value is -0.440. The highest BCUT2D eigenvalue weighted by Gasteiger charge is 2.11. The van der Waals surface area contributed by atoms with Gasteiger partial charge in [0, 0.05) is 27.2 Å². The van der Waals surface area contributed by atoms with Crippen molar-refractivity contribution < 1.29 is 0 Å². The summed E-state index contributed by atoms with van der Waals surface area (Å²) >= 11 is 6.95. The second kappa shape index (κ2) is 7.02. The molecular weight excluding hydrogens is 358 g/mol. The molecule has 0 aliphatic heterocycles. The topological polar surface area (TPSA) is 55.6 Å². The summed E-state index contributed by atoms with van der Waals surface area (Å²) in [6.07, 6.45) is 0. The molecule has 0 radical (unpaired) electrons. The van der Waals surface area contributed by atoms with E-state index >= 15 is 0 Å². The van der Waals surface area contributed by atoms with E-state index in [1.807, 2.05) is 4.68 Å². The Morgan fingerprint density at radius 2 is 2.25 bits per heavy atom. The number of thiophene rings is 1. The highest BCUT2D eigenvalue weighted by Crippen LogP contribution is 2.29. The van der Waals surface area contributed by atoms with E-state index in [1.165, 1.54) is 4.88 Å². The Bertz CT molecular complexity index is 546. The maximum atomic E-state index is 4.09. The summed E-state index contributed by atoms with van der Waals surface area (Å²) in [6, 6.07) is 2.07. The molecular formula is C12H18BrN5S2. The van der Waals surface area contributed by atoms with Crippen molar-refractivity contribution in [2.45, 2.75) is 43.8 Å². The predicted octanol–water partition coefficient (Wildman–Crippen LogP) is 3.18. The zero-order valence-electron chi connectivity index (χ0n) is 11.8. The third kappa shape index (κ3) is 4.83. The molecule has 0 amide bonds. The SMILES string of the molecule is CC(C)(C)NCCn1nnnc1SCc1sccc1Br. The first kappa shape index (κ1) is 15.9. The summed E-state index contributed by atoms with van der Waals surface area (Å²) in [6.45, 7) is 8.08. The highest BCUT2D eigenvalue weighted by atomic mass is 79.9. The maximum Gasteiger partial charge on any atom is 0.209 e. The minimum absolute atomic E-state index is 0.114. The van der Waals surface area contributed by atoms with Gasteiger partial charge in [0.2, 0.25) is 5.16 Å². The van der Waals surface area contributed by atoms with Crippen LogP contribution in [0.15, 0.2) is 21.1 Å². The van der Waals surface area contributed by atoms with Gasteiger partial charge in [-0.05, 0) is 58.6 Å². The van der Waals surface area contributed by atoms with Gasteiger partial charge >= 0.3 is 0 Å². The molecule has 0 fully saturated rings. The third-order valence-corrected chi connectivity index (χ3v) is 5.59. The normalized spacial score (nSPS) is 12.0. The molecule has 2 rings (SSSR count). The van der Waals surface area contributed by atoms with Crippen LogP contribution in [0.2, 0.25) is 0 Å². The van der Waals surface area contributed by atoms with E-state index in [2.05, 4.69) is 69.0 Å². The summed E-state index contributed by atoms with van der Waals surface area (Å²) in [5.74, 6) is 0.880. The van der Waals surface area contributed by atoms with Crippen LogP contribution >= 0.6 is 39.0 Å². The molecule has 5 nitrogen and oxygen atoms in total. The third-order valence-electron chi connectivity index (χ3n) is 2.50. The predicted molar refractivity (Wildman–Crippen MR) is 87.2 cm³/mol. The molecule has 0 unspecified atom stereocenters. The summed E-state index contributed by atoms with van der Waals surface area (Å²) in [4.78, 5) is 1.30. The summed E-state index contributed by atoms with van der Waals surface area (Å²) in [7, 11) is 0. The number of hydrogen-bond donors (Lipinski definition) is 1. The monoisotopic (exact) mass is 375 g/mol. The van der Waals surface area contributed by atoms with Gasteiger partial charge in [0.1, 0.15) is 0 Å². The number of thioether (sulfide) groups is 1. The maximum absolute atomic E-state index is 4.09. The Balaban J connectivity index is 1.87. The van der Waals surface area contributed by atoms with Gasteiger partial charge in [0.05, 0.1) is 6.54 Å². The standard InChI is InChI=1S/C12H18BrN5S2/c1-12(2,3)14-5-6-18-11(15-16-17-18)20-8-10-9(13)4-7-19-10/h4,7,14H,5-6,8H2,1-3H3. The molecule has 1 N–H and O–H groups in total. The molecule has 2 heterocycles. The molecule has 0 aliphatic carbocycles. The molecule has 0 atom stereocenters. The molecule has 0 saturated carbocycles. The fourth-order valence-corrected chi connectivity index (χ4v) is 4.23. The summed E-state index contributed by atoms with van der Waals surface area (Å²) in [5.41, 5.74) is 0.114. The first-order chi connectivity index (χ1) is 9.46. The van der Waals surface area contributed by atoms with Gasteiger partial charge in [0.25, 0.3) is 0 Å². The average molecular weight is 376 g/mol. The van der Waals surface area contributed by atoms with Crippen LogP contribution in [0.1, 0.15) is 25.6 Å². The fraction of sp³-hybridized carbons (Fsp3) is 0.583. The van der Waals surface area contributed by atoms with Gasteiger partial charge in [-0.3, -0.25) is 0 Å². The molecule has 0 saturated heterocycles. The fourth-order valence-electron chi connectivity index (χ4n) is 1.54. The van der Waals surface area contributed by atoms with Crippen LogP contribution in [-0.2, 0) is 12.3 Å². The van der Waals surface area contributed by atoms with Crippen LogP contribution in [0.3, 0.4) is 0 Å². The molecule has 0 aliphatic rings. The van der Waals surface area contributed by atoms with Crippen molar-refractivity contribution in [3.63, 3.8) is 0 Å². The highest BCUT2D eigenvalue weighted by molar-refractivity contribution is 9.10. The van der Waals surface area contributed by atoms with Crippen molar-refractivity contribution >= 4 is 39.0 Å². The van der Waals surface area contributed by atoms with Crippen molar-refractivity contribution in [1.29, 1.82) is 0 Å². The Morgan fingerprint density at radius 1 is 1.45 bits per heavy atom. The molecule has 0 spiro atoms. The van der Waals surface area contributed by atoms with Gasteiger partial charge in [-0.15, -0.1) is 16.4 Å². The van der Waals surface area contributed by atoms with Crippen molar-refractivity contribution in [3.8, 4) is 0 Å². The van der Waals surface area contributed by atoms with Crippen LogP contribution in [-0.4, -0.2) is 32.3 Å². The minimum Gasteiger partial charge on any atom is -0.310 e. The second-order valence-electron chi connectivity index (χ2n) is 5.34. The number of rotatable bonds is 6. The minimum atomic E-state index is 0.114. The lowest BCUT2D eigenvalue weighted by atomic mass is 10.1. The molecule has 8 heteroatoms. The largest absolute Gasteiger partial charge is 0.310 e. The smallest absolute Gasteiger partial charge is 0.209 e. The number of aromatic nitrogens is 4. The Labute approximate surface area is 135 Å². The van der Waals surface area contributed by atoms with Gasteiger partial charge in [-0.25, -0.2) is 4.68 Å². The van der Waals surface area contributed by atoms with Gasteiger partial charge in [-0.2, -0.15) is 0 Å². The van der Waals surface area contributed by atoms with E-state index in [9.17, 15) is 0 Å². The average Bonchev–Trinajstić information content (AvgIpc) is 2.94. The van der Waals surface area contributed by atoms with Gasteiger partial charge < -0.3 is 5.32 Å². The van der Waals surface area contributed by atoms with Crippen LogP contribution in [0.25, 0.3) is 0 Å². The zero-order chi connectivity index (χ0) is 14.6. The molecule has 20 heavy (non-hydrogen) atoms. The van der Waals surface area contributed by atoms with Crippen molar-refractivity contribution in [2.75, 3.05) is 6.54 Å². The molecule has 2 aromatic heterocycles. The van der Waals surface area contributed by atoms with Crippen molar-refractivity contribution in [3.05, 3.63) is 20.8 Å². The number of hydrogen-bond acceptors (Lipinski definition) is 6. The molecule has 2 aromatic rings. The lowest BCUT2D eigenvalue weighted by Crippen LogP contribution is -2.38. The van der Waals surface area contributed by atoms with Gasteiger partial charge in [0.15, 0.2) is 0 Å². The lowest BCUT2D eigenvalue weighted by Gasteiger charge is -2.20. The number of tetrazole rings is 1. The van der Waals surface area contributed by atoms with Gasteiger partial charge in [-0.1, -0.05) is 11.8 Å². The van der Waals surface area contributed by atoms with Crippen LogP contribution in [0.5, 0.6) is 0 Å². The second-order valence-corrected chi connectivity index (χ2v) is 8.14. The lowest BCUT2D eigenvalue weighted by molar-refractivity contribution is 0.396. The quantitative estimate of drug-likeness (QED) is 0.785. The van der Waals surface area contributed by atoms with Crippen LogP contribution < -0.4 is 5.32 Å². The van der Waals surface area contributed by atoms with Crippen molar-refractivity contribution in [2.24, 2.45) is 0 Å².